The van der Waals surface area contributed by atoms with Crippen LogP contribution in [0.1, 0.15) is 13.8 Å². The highest BCUT2D eigenvalue weighted by atomic mass is 32.3. The first-order valence-corrected chi connectivity index (χ1v) is 14.5. The molecule has 0 aromatic carbocycles. The van der Waals surface area contributed by atoms with E-state index in [4.69, 9.17) is 23.5 Å². The molecule has 2 amide bonds. The first-order valence-electron chi connectivity index (χ1n) is 13.1. The highest BCUT2D eigenvalue weighted by molar-refractivity contribution is 7.80. The van der Waals surface area contributed by atoms with Gasteiger partial charge in [-0.15, -0.1) is 0 Å². The molecule has 21 nitrogen and oxygen atoms in total. The maximum absolute atomic E-state index is 11.9. The molecule has 14 atom stereocenters. The smallest absolute Gasteiger partial charge is 0.394 e. The van der Waals surface area contributed by atoms with Crippen LogP contribution in [0.25, 0.3) is 0 Å². The van der Waals surface area contributed by atoms with Crippen molar-refractivity contribution in [2.45, 2.75) is 99.6 Å². The number of carbonyl (C=O) groups is 2. The van der Waals surface area contributed by atoms with Crippen molar-refractivity contribution < 1.29 is 91.6 Å². The lowest BCUT2D eigenvalue weighted by molar-refractivity contribution is -0.349. The number of carbonyl (C=O) groups excluding carboxylic acids is 2. The van der Waals surface area contributed by atoms with Crippen molar-refractivity contribution in [2.75, 3.05) is 26.4 Å². The Hall–Kier alpha value is -1.71. The molecule has 0 spiro atoms. The van der Waals surface area contributed by atoms with E-state index >= 15 is 0 Å². The van der Waals surface area contributed by atoms with Gasteiger partial charge < -0.3 is 75.5 Å². The number of amides is 2. The Morgan fingerprint density at radius 2 is 1.48 bits per heavy atom. The molecule has 0 bridgehead atoms. The molecule has 2 aliphatic rings. The van der Waals surface area contributed by atoms with E-state index in [0.29, 0.717) is 0 Å². The summed E-state index contributed by atoms with van der Waals surface area (Å²) in [7, 11) is -5.12. The molecule has 0 aromatic heterocycles. The van der Waals surface area contributed by atoms with Crippen LogP contribution in [0.2, 0.25) is 0 Å². The van der Waals surface area contributed by atoms with Crippen LogP contribution in [0.5, 0.6) is 0 Å². The first-order chi connectivity index (χ1) is 20.4. The van der Waals surface area contributed by atoms with E-state index in [2.05, 4.69) is 14.8 Å². The Kier molecular flexibility index (Phi) is 14.6. The van der Waals surface area contributed by atoms with E-state index in [0.717, 1.165) is 13.8 Å². The van der Waals surface area contributed by atoms with Crippen molar-refractivity contribution in [1.82, 2.24) is 10.6 Å². The summed E-state index contributed by atoms with van der Waals surface area (Å²) in [6.45, 7) is -1.56. The molecule has 2 heterocycles. The van der Waals surface area contributed by atoms with Crippen molar-refractivity contribution >= 4 is 22.2 Å². The Morgan fingerprint density at radius 1 is 0.864 bits per heavy atom. The van der Waals surface area contributed by atoms with Gasteiger partial charge in [-0.05, 0) is 0 Å². The molecule has 0 radical (unpaired) electrons. The van der Waals surface area contributed by atoms with Gasteiger partial charge in [-0.2, -0.15) is 8.42 Å². The van der Waals surface area contributed by atoms with Gasteiger partial charge in [0, 0.05) is 13.8 Å². The predicted molar refractivity (Wildman–Crippen MR) is 137 cm³/mol. The van der Waals surface area contributed by atoms with E-state index in [1.807, 2.05) is 0 Å². The molecule has 0 saturated carbocycles. The average Bonchev–Trinajstić information content (AvgIpc) is 2.94. The minimum absolute atomic E-state index is 0.664. The molecular weight excluding hydrogens is 628 g/mol. The molecule has 0 aliphatic carbocycles. The number of aliphatic hydroxyl groups excluding tert-OH is 9. The molecular formula is C22H40N2O19S. The van der Waals surface area contributed by atoms with Crippen molar-refractivity contribution in [3.63, 3.8) is 0 Å². The Bertz CT molecular complexity index is 1030. The van der Waals surface area contributed by atoms with Crippen LogP contribution < -0.4 is 10.6 Å². The predicted octanol–water partition coefficient (Wildman–Crippen LogP) is -7.82. The van der Waals surface area contributed by atoms with Gasteiger partial charge in [-0.25, -0.2) is 4.18 Å². The second kappa shape index (κ2) is 16.7. The largest absolute Gasteiger partial charge is 0.397 e. The average molecular weight is 669 g/mol. The summed E-state index contributed by atoms with van der Waals surface area (Å²) in [6.07, 6.45) is -22.2. The topological polar surface area (TPSA) is 341 Å². The maximum Gasteiger partial charge on any atom is 0.397 e. The van der Waals surface area contributed by atoms with Crippen LogP contribution in [0.15, 0.2) is 0 Å². The summed E-state index contributed by atoms with van der Waals surface area (Å²) < 4.78 is 57.7. The summed E-state index contributed by atoms with van der Waals surface area (Å²) in [5.74, 6) is -1.44. The first kappa shape index (κ1) is 38.5. The van der Waals surface area contributed by atoms with Gasteiger partial charge in [0.1, 0.15) is 67.1 Å². The van der Waals surface area contributed by atoms with Crippen LogP contribution in [-0.2, 0) is 43.1 Å². The summed E-state index contributed by atoms with van der Waals surface area (Å²) in [4.78, 5) is 23.2. The molecule has 258 valence electrons. The fraction of sp³-hybridized carbons (Fsp3) is 0.909. The third kappa shape index (κ3) is 10.4. The SMILES string of the molecule is CC(=O)N[C@H]1[C@H](OC[C@@H](O)[C@H](O)[C@H](O)[C@H](CO)NC(C)=O)O[C@H](COS(=O)(=O)O)[C@@H](O[C@@H]2O[C@H](CO)[C@H](O)[C@H](O)[C@H]2O)[C@@H]1O. The van der Waals surface area contributed by atoms with Gasteiger partial charge in [0.2, 0.25) is 11.8 Å². The second-order valence-electron chi connectivity index (χ2n) is 10.1. The van der Waals surface area contributed by atoms with E-state index < -0.39 is 134 Å². The number of aliphatic hydroxyl groups is 9. The molecule has 2 saturated heterocycles. The summed E-state index contributed by atoms with van der Waals surface area (Å²) in [5.41, 5.74) is 0. The van der Waals surface area contributed by atoms with Crippen LogP contribution in [-0.4, -0.2) is 183 Å². The molecule has 44 heavy (non-hydrogen) atoms. The zero-order valence-electron chi connectivity index (χ0n) is 23.5. The minimum Gasteiger partial charge on any atom is -0.394 e. The number of nitrogens with one attached hydrogen (secondary N) is 2. The lowest BCUT2D eigenvalue weighted by Gasteiger charge is -2.47. The van der Waals surface area contributed by atoms with Crippen molar-refractivity contribution in [3.8, 4) is 0 Å². The fourth-order valence-electron chi connectivity index (χ4n) is 4.50. The van der Waals surface area contributed by atoms with Crippen molar-refractivity contribution in [2.24, 2.45) is 0 Å². The molecule has 0 unspecified atom stereocenters. The Labute approximate surface area is 250 Å². The number of rotatable bonds is 15. The van der Waals surface area contributed by atoms with Crippen LogP contribution in [0.3, 0.4) is 0 Å². The van der Waals surface area contributed by atoms with Gasteiger partial charge in [0.15, 0.2) is 12.6 Å². The Morgan fingerprint density at radius 3 is 2.00 bits per heavy atom. The molecule has 0 aromatic rings. The number of hydrogen-bond acceptors (Lipinski definition) is 18. The van der Waals surface area contributed by atoms with Gasteiger partial charge in [-0.3, -0.25) is 14.1 Å². The molecule has 2 rings (SSSR count). The fourth-order valence-corrected chi connectivity index (χ4v) is 4.80. The quantitative estimate of drug-likeness (QED) is 0.0721. The van der Waals surface area contributed by atoms with Gasteiger partial charge >= 0.3 is 10.4 Å². The van der Waals surface area contributed by atoms with Gasteiger partial charge in [0.05, 0.1) is 32.5 Å². The summed E-state index contributed by atoms with van der Waals surface area (Å²) in [5, 5.41) is 95.8. The zero-order chi connectivity index (χ0) is 33.5. The highest BCUT2D eigenvalue weighted by Crippen LogP contribution is 2.30. The van der Waals surface area contributed by atoms with E-state index in [1.165, 1.54) is 0 Å². The molecule has 22 heteroatoms. The van der Waals surface area contributed by atoms with Crippen LogP contribution in [0, 0.1) is 0 Å². The summed E-state index contributed by atoms with van der Waals surface area (Å²) >= 11 is 0. The molecule has 2 aliphatic heterocycles. The van der Waals surface area contributed by atoms with Crippen LogP contribution in [0.4, 0.5) is 0 Å². The number of hydrogen-bond donors (Lipinski definition) is 12. The standard InChI is InChI=1S/C22H40N2O19S/c1-7(27)23-9(3-25)14(30)15(31)10(29)5-39-21-13(24-8(2)28)17(33)20(12(42-21)6-40-44(36,37)38)43-22-19(35)18(34)16(32)11(4-26)41-22/h9-22,25-26,29-35H,3-6H2,1-2H3,(H,23,27)(H,24,28)(H,36,37,38)/t9-,10+,11+,12+,13+,14+,15-,16-,17+,18-,19+,20+,21+,22-/m0/s1. The number of ether oxygens (including phenoxy) is 4. The van der Waals surface area contributed by atoms with E-state index in [9.17, 15) is 64.0 Å². The summed E-state index contributed by atoms with van der Waals surface area (Å²) in [6, 6.07) is -3.00. The molecule has 12 N–H and O–H groups in total. The maximum atomic E-state index is 11.9. The van der Waals surface area contributed by atoms with Gasteiger partial charge in [-0.1, -0.05) is 0 Å². The lowest BCUT2D eigenvalue weighted by atomic mass is 9.95. The zero-order valence-corrected chi connectivity index (χ0v) is 24.3. The highest BCUT2D eigenvalue weighted by Gasteiger charge is 2.52. The molecule has 2 fully saturated rings. The second-order valence-corrected chi connectivity index (χ2v) is 11.2. The van der Waals surface area contributed by atoms with Crippen molar-refractivity contribution in [3.05, 3.63) is 0 Å². The van der Waals surface area contributed by atoms with E-state index in [1.54, 1.807) is 0 Å². The minimum atomic E-state index is -5.12. The monoisotopic (exact) mass is 668 g/mol. The van der Waals surface area contributed by atoms with Crippen LogP contribution >= 0.6 is 0 Å². The van der Waals surface area contributed by atoms with Gasteiger partial charge in [0.25, 0.3) is 0 Å². The third-order valence-corrected chi connectivity index (χ3v) is 7.17. The lowest BCUT2D eigenvalue weighted by Crippen LogP contribution is -2.68. The van der Waals surface area contributed by atoms with Crippen molar-refractivity contribution in [1.29, 1.82) is 0 Å². The normalized spacial score (nSPS) is 35.7. The van der Waals surface area contributed by atoms with E-state index in [-0.39, 0.29) is 0 Å². The Balaban J connectivity index is 2.30. The third-order valence-electron chi connectivity index (χ3n) is 6.74.